The van der Waals surface area contributed by atoms with E-state index in [4.69, 9.17) is 25.8 Å². The molecule has 174 valence electrons. The van der Waals surface area contributed by atoms with Gasteiger partial charge in [-0.15, -0.1) is 4.40 Å². The Labute approximate surface area is 197 Å². The first-order chi connectivity index (χ1) is 15.9. The Morgan fingerprint density at radius 2 is 2.00 bits per heavy atom. The zero-order valence-electron chi connectivity index (χ0n) is 17.8. The quantitative estimate of drug-likeness (QED) is 0.608. The standard InChI is InChI=1S/C23H23ClN2O6S/c24-18-11-15(12-19-21(18)31-10-4-9-30-19)14-32-23(27)16-5-3-8-26(13-16)22-17-6-1-2-7-20(17)33(28,29)25-22/h1-2,6-7,11-12,16H,3-5,8-10,13-14H2. The summed E-state index contributed by atoms with van der Waals surface area (Å²) in [5.74, 6) is 0.747. The highest BCUT2D eigenvalue weighted by atomic mass is 35.5. The van der Waals surface area contributed by atoms with E-state index >= 15 is 0 Å². The number of piperidine rings is 1. The highest BCUT2D eigenvalue weighted by Gasteiger charge is 2.35. The van der Waals surface area contributed by atoms with Crippen LogP contribution in [0.4, 0.5) is 0 Å². The van der Waals surface area contributed by atoms with Crippen LogP contribution in [0.2, 0.25) is 5.02 Å². The van der Waals surface area contributed by atoms with Crippen LogP contribution >= 0.6 is 11.6 Å². The predicted molar refractivity (Wildman–Crippen MR) is 121 cm³/mol. The number of hydrogen-bond donors (Lipinski definition) is 0. The Balaban J connectivity index is 1.26. The summed E-state index contributed by atoms with van der Waals surface area (Å²) in [6.07, 6.45) is 2.17. The van der Waals surface area contributed by atoms with E-state index in [1.807, 2.05) is 4.90 Å². The summed E-state index contributed by atoms with van der Waals surface area (Å²) in [5, 5.41) is 0.420. The summed E-state index contributed by atoms with van der Waals surface area (Å²) in [7, 11) is -3.71. The van der Waals surface area contributed by atoms with Gasteiger partial charge in [-0.3, -0.25) is 4.79 Å². The molecule has 0 amide bonds. The molecular weight excluding hydrogens is 468 g/mol. The second kappa shape index (κ2) is 8.87. The fourth-order valence-electron chi connectivity index (χ4n) is 4.32. The fraction of sp³-hybridized carbons (Fsp3) is 0.391. The van der Waals surface area contributed by atoms with E-state index in [0.717, 1.165) is 12.8 Å². The van der Waals surface area contributed by atoms with Crippen LogP contribution in [0, 0.1) is 5.92 Å². The van der Waals surface area contributed by atoms with Gasteiger partial charge < -0.3 is 19.1 Å². The van der Waals surface area contributed by atoms with Gasteiger partial charge in [-0.1, -0.05) is 23.7 Å². The summed E-state index contributed by atoms with van der Waals surface area (Å²) in [6, 6.07) is 10.3. The molecule has 5 rings (SSSR count). The molecule has 0 aromatic heterocycles. The maximum Gasteiger partial charge on any atom is 0.311 e. The summed E-state index contributed by atoms with van der Waals surface area (Å²) in [5.41, 5.74) is 1.29. The molecule has 0 saturated carbocycles. The Morgan fingerprint density at radius 1 is 1.18 bits per heavy atom. The minimum Gasteiger partial charge on any atom is -0.489 e. The lowest BCUT2D eigenvalue weighted by Crippen LogP contribution is -2.42. The van der Waals surface area contributed by atoms with Crippen LogP contribution in [0.5, 0.6) is 11.5 Å². The normalized spacial score (nSPS) is 21.1. The van der Waals surface area contributed by atoms with Crippen molar-refractivity contribution in [3.8, 4) is 11.5 Å². The zero-order valence-corrected chi connectivity index (χ0v) is 19.4. The van der Waals surface area contributed by atoms with Crippen molar-refractivity contribution < 1.29 is 27.4 Å². The smallest absolute Gasteiger partial charge is 0.311 e. The van der Waals surface area contributed by atoms with Crippen LogP contribution in [-0.2, 0) is 26.2 Å². The summed E-state index contributed by atoms with van der Waals surface area (Å²) < 4.78 is 45.7. The third-order valence-corrected chi connectivity index (χ3v) is 7.52. The van der Waals surface area contributed by atoms with Gasteiger partial charge in [0, 0.05) is 25.1 Å². The summed E-state index contributed by atoms with van der Waals surface area (Å²) >= 11 is 6.33. The molecule has 0 aliphatic carbocycles. The van der Waals surface area contributed by atoms with Crippen LogP contribution in [0.1, 0.15) is 30.4 Å². The number of benzene rings is 2. The lowest BCUT2D eigenvalue weighted by atomic mass is 9.97. The molecule has 0 radical (unpaired) electrons. The SMILES string of the molecule is O=C(OCc1cc(Cl)c2c(c1)OCCCO2)C1CCCN(C2=NS(=O)(=O)c3ccccc32)C1. The first kappa shape index (κ1) is 22.0. The zero-order chi connectivity index (χ0) is 23.0. The molecule has 2 aromatic carbocycles. The van der Waals surface area contributed by atoms with E-state index in [9.17, 15) is 13.2 Å². The Kier molecular flexibility index (Phi) is 5.92. The molecule has 33 heavy (non-hydrogen) atoms. The molecule has 3 aliphatic heterocycles. The molecule has 1 fully saturated rings. The number of nitrogens with zero attached hydrogens (tertiary/aromatic N) is 2. The lowest BCUT2D eigenvalue weighted by molar-refractivity contribution is -0.151. The Morgan fingerprint density at radius 3 is 2.88 bits per heavy atom. The molecule has 1 unspecified atom stereocenters. The van der Waals surface area contributed by atoms with Crippen LogP contribution in [0.15, 0.2) is 45.7 Å². The van der Waals surface area contributed by atoms with E-state index in [1.165, 1.54) is 0 Å². The molecule has 3 heterocycles. The van der Waals surface area contributed by atoms with Crippen molar-refractivity contribution in [2.24, 2.45) is 10.3 Å². The highest BCUT2D eigenvalue weighted by molar-refractivity contribution is 7.90. The van der Waals surface area contributed by atoms with Gasteiger partial charge in [0.15, 0.2) is 17.3 Å². The third kappa shape index (κ3) is 4.39. The summed E-state index contributed by atoms with van der Waals surface area (Å²) in [4.78, 5) is 14.9. The number of sulfonamides is 1. The summed E-state index contributed by atoms with van der Waals surface area (Å²) in [6.45, 7) is 2.11. The van der Waals surface area contributed by atoms with E-state index in [0.29, 0.717) is 66.2 Å². The minimum atomic E-state index is -3.71. The van der Waals surface area contributed by atoms with Crippen molar-refractivity contribution in [3.05, 3.63) is 52.5 Å². The number of carbonyl (C=O) groups is 1. The lowest BCUT2D eigenvalue weighted by Gasteiger charge is -2.32. The molecular formula is C23H23ClN2O6S. The largest absolute Gasteiger partial charge is 0.489 e. The number of rotatable bonds is 3. The molecule has 2 aromatic rings. The predicted octanol–water partition coefficient (Wildman–Crippen LogP) is 3.41. The maximum atomic E-state index is 12.8. The number of hydrogen-bond acceptors (Lipinski definition) is 7. The molecule has 0 spiro atoms. The molecule has 1 saturated heterocycles. The molecule has 3 aliphatic rings. The minimum absolute atomic E-state index is 0.0594. The fourth-order valence-corrected chi connectivity index (χ4v) is 5.83. The van der Waals surface area contributed by atoms with Gasteiger partial charge in [-0.2, -0.15) is 8.42 Å². The monoisotopic (exact) mass is 490 g/mol. The van der Waals surface area contributed by atoms with E-state index < -0.39 is 10.0 Å². The average molecular weight is 491 g/mol. The number of ether oxygens (including phenoxy) is 3. The molecule has 1 atom stereocenters. The van der Waals surface area contributed by atoms with Gasteiger partial charge in [0.25, 0.3) is 10.0 Å². The van der Waals surface area contributed by atoms with Gasteiger partial charge in [0.1, 0.15) is 11.5 Å². The third-order valence-electron chi connectivity index (χ3n) is 5.91. The van der Waals surface area contributed by atoms with Gasteiger partial charge in [-0.05, 0) is 42.7 Å². The molecule has 0 bridgehead atoms. The number of halogens is 1. The number of carbonyl (C=O) groups excluding carboxylic acids is 1. The second-order valence-corrected chi connectivity index (χ2v) is 10.2. The van der Waals surface area contributed by atoms with Crippen LogP contribution in [0.25, 0.3) is 0 Å². The van der Waals surface area contributed by atoms with E-state index in [-0.39, 0.29) is 23.4 Å². The van der Waals surface area contributed by atoms with E-state index in [2.05, 4.69) is 4.40 Å². The first-order valence-corrected chi connectivity index (χ1v) is 12.7. The average Bonchev–Trinajstić information content (AvgIpc) is 2.94. The van der Waals surface area contributed by atoms with Crippen LogP contribution in [-0.4, -0.2) is 51.4 Å². The number of amidine groups is 1. The topological polar surface area (TPSA) is 94.5 Å². The first-order valence-electron chi connectivity index (χ1n) is 10.9. The van der Waals surface area contributed by atoms with Crippen LogP contribution < -0.4 is 9.47 Å². The maximum absolute atomic E-state index is 12.8. The number of esters is 1. The van der Waals surface area contributed by atoms with Crippen molar-refractivity contribution in [2.45, 2.75) is 30.8 Å². The van der Waals surface area contributed by atoms with Gasteiger partial charge in [-0.25, -0.2) is 0 Å². The molecule has 10 heteroatoms. The van der Waals surface area contributed by atoms with Crippen molar-refractivity contribution in [3.63, 3.8) is 0 Å². The van der Waals surface area contributed by atoms with E-state index in [1.54, 1.807) is 36.4 Å². The van der Waals surface area contributed by atoms with Gasteiger partial charge >= 0.3 is 5.97 Å². The van der Waals surface area contributed by atoms with Crippen molar-refractivity contribution in [1.29, 1.82) is 0 Å². The molecule has 0 N–H and O–H groups in total. The Hall–Kier alpha value is -2.78. The van der Waals surface area contributed by atoms with Crippen molar-refractivity contribution in [1.82, 2.24) is 4.90 Å². The Bertz CT molecular complexity index is 1230. The second-order valence-electron chi connectivity index (χ2n) is 8.23. The molecule has 8 nitrogen and oxygen atoms in total. The van der Waals surface area contributed by atoms with Gasteiger partial charge in [0.05, 0.1) is 24.2 Å². The van der Waals surface area contributed by atoms with Crippen molar-refractivity contribution >= 4 is 33.4 Å². The number of likely N-dealkylation sites (tertiary alicyclic amines) is 1. The van der Waals surface area contributed by atoms with Crippen LogP contribution in [0.3, 0.4) is 0 Å². The number of fused-ring (bicyclic) bond motifs is 2. The van der Waals surface area contributed by atoms with Gasteiger partial charge in [0.2, 0.25) is 0 Å². The highest BCUT2D eigenvalue weighted by Crippen LogP contribution is 2.38. The van der Waals surface area contributed by atoms with Crippen molar-refractivity contribution in [2.75, 3.05) is 26.3 Å².